The lowest BCUT2D eigenvalue weighted by molar-refractivity contribution is -0.151. The first kappa shape index (κ1) is 14.8. The Balaban J connectivity index is 2.11. The monoisotopic (exact) mass is 282 g/mol. The SMILES string of the molecule is CN(C)C(=O)C1CCCN1C(=O)[C@@H]1CCC[C@@H]1C(=O)O. The Morgan fingerprint density at radius 3 is 2.30 bits per heavy atom. The molecule has 1 aliphatic carbocycles. The van der Waals surface area contributed by atoms with Crippen LogP contribution in [-0.4, -0.2) is 59.4 Å². The summed E-state index contributed by atoms with van der Waals surface area (Å²) in [4.78, 5) is 39.0. The van der Waals surface area contributed by atoms with Crippen LogP contribution in [0.4, 0.5) is 0 Å². The predicted molar refractivity (Wildman–Crippen MR) is 71.9 cm³/mol. The number of carbonyl (C=O) groups excluding carboxylic acids is 2. The van der Waals surface area contributed by atoms with E-state index in [-0.39, 0.29) is 11.8 Å². The van der Waals surface area contributed by atoms with Gasteiger partial charge in [0.05, 0.1) is 11.8 Å². The first-order chi connectivity index (χ1) is 9.43. The molecule has 6 heteroatoms. The fourth-order valence-corrected chi connectivity index (χ4v) is 3.35. The number of carboxylic acids is 1. The number of carboxylic acid groups (broad SMARTS) is 1. The largest absolute Gasteiger partial charge is 0.481 e. The molecule has 1 N–H and O–H groups in total. The molecule has 20 heavy (non-hydrogen) atoms. The van der Waals surface area contributed by atoms with Gasteiger partial charge in [0, 0.05) is 20.6 Å². The summed E-state index contributed by atoms with van der Waals surface area (Å²) in [5.41, 5.74) is 0. The van der Waals surface area contributed by atoms with E-state index in [2.05, 4.69) is 0 Å². The molecule has 3 atom stereocenters. The predicted octanol–water partition coefficient (Wildman–Crippen LogP) is 0.566. The summed E-state index contributed by atoms with van der Waals surface area (Å²) in [6.45, 7) is 0.561. The third kappa shape index (κ3) is 2.64. The van der Waals surface area contributed by atoms with Crippen molar-refractivity contribution < 1.29 is 19.5 Å². The first-order valence-electron chi connectivity index (χ1n) is 7.18. The zero-order chi connectivity index (χ0) is 14.9. The molecule has 1 unspecified atom stereocenters. The second-order valence-electron chi connectivity index (χ2n) is 5.90. The van der Waals surface area contributed by atoms with Crippen LogP contribution in [-0.2, 0) is 14.4 Å². The number of rotatable bonds is 3. The van der Waals surface area contributed by atoms with Crippen LogP contribution >= 0.6 is 0 Å². The van der Waals surface area contributed by atoms with Gasteiger partial charge in [0.2, 0.25) is 11.8 Å². The lowest BCUT2D eigenvalue weighted by Gasteiger charge is -2.29. The molecule has 0 aromatic heterocycles. The van der Waals surface area contributed by atoms with E-state index in [9.17, 15) is 19.5 Å². The number of carbonyl (C=O) groups is 3. The molecule has 0 aromatic rings. The molecule has 0 spiro atoms. The van der Waals surface area contributed by atoms with Crippen molar-refractivity contribution in [3.63, 3.8) is 0 Å². The van der Waals surface area contributed by atoms with Crippen molar-refractivity contribution in [2.75, 3.05) is 20.6 Å². The van der Waals surface area contributed by atoms with Gasteiger partial charge in [-0.3, -0.25) is 14.4 Å². The van der Waals surface area contributed by atoms with Gasteiger partial charge in [-0.15, -0.1) is 0 Å². The van der Waals surface area contributed by atoms with Gasteiger partial charge in [0.1, 0.15) is 6.04 Å². The van der Waals surface area contributed by atoms with Crippen molar-refractivity contribution in [2.24, 2.45) is 11.8 Å². The van der Waals surface area contributed by atoms with Gasteiger partial charge >= 0.3 is 5.97 Å². The maximum atomic E-state index is 12.6. The average Bonchev–Trinajstić information content (AvgIpc) is 3.05. The second-order valence-corrected chi connectivity index (χ2v) is 5.90. The first-order valence-corrected chi connectivity index (χ1v) is 7.18. The van der Waals surface area contributed by atoms with E-state index in [0.717, 1.165) is 12.8 Å². The molecular weight excluding hydrogens is 260 g/mol. The normalized spacial score (nSPS) is 29.5. The highest BCUT2D eigenvalue weighted by Gasteiger charge is 2.44. The van der Waals surface area contributed by atoms with Gasteiger partial charge in [-0.25, -0.2) is 0 Å². The van der Waals surface area contributed by atoms with Crippen LogP contribution in [0.5, 0.6) is 0 Å². The summed E-state index contributed by atoms with van der Waals surface area (Å²) in [5, 5.41) is 9.19. The third-order valence-corrected chi connectivity index (χ3v) is 4.41. The summed E-state index contributed by atoms with van der Waals surface area (Å²) in [6.07, 6.45) is 3.43. The molecule has 0 aromatic carbocycles. The fourth-order valence-electron chi connectivity index (χ4n) is 3.35. The number of likely N-dealkylation sites (tertiary alicyclic amines) is 1. The molecule has 2 aliphatic rings. The van der Waals surface area contributed by atoms with Gasteiger partial charge in [0.15, 0.2) is 0 Å². The average molecular weight is 282 g/mol. The number of hydrogen-bond acceptors (Lipinski definition) is 3. The molecule has 0 radical (unpaired) electrons. The van der Waals surface area contributed by atoms with Crippen LogP contribution in [0, 0.1) is 11.8 Å². The molecule has 2 amide bonds. The molecule has 1 heterocycles. The molecule has 1 saturated carbocycles. The second kappa shape index (κ2) is 5.81. The van der Waals surface area contributed by atoms with Crippen molar-refractivity contribution in [1.29, 1.82) is 0 Å². The Labute approximate surface area is 118 Å². The van der Waals surface area contributed by atoms with E-state index >= 15 is 0 Å². The van der Waals surface area contributed by atoms with Crippen LogP contribution in [0.25, 0.3) is 0 Å². The van der Waals surface area contributed by atoms with E-state index < -0.39 is 23.8 Å². The molecule has 6 nitrogen and oxygen atoms in total. The third-order valence-electron chi connectivity index (χ3n) is 4.41. The Morgan fingerprint density at radius 2 is 1.70 bits per heavy atom. The highest BCUT2D eigenvalue weighted by molar-refractivity contribution is 5.91. The van der Waals surface area contributed by atoms with Crippen LogP contribution in [0.3, 0.4) is 0 Å². The lowest BCUT2D eigenvalue weighted by atomic mass is 9.94. The van der Waals surface area contributed by atoms with Gasteiger partial charge in [0.25, 0.3) is 0 Å². The summed E-state index contributed by atoms with van der Waals surface area (Å²) in [6, 6.07) is -0.410. The Morgan fingerprint density at radius 1 is 1.05 bits per heavy atom. The highest BCUT2D eigenvalue weighted by Crippen LogP contribution is 2.35. The summed E-state index contributed by atoms with van der Waals surface area (Å²) < 4.78 is 0. The fraction of sp³-hybridized carbons (Fsp3) is 0.786. The maximum absolute atomic E-state index is 12.6. The number of likely N-dealkylation sites (N-methyl/N-ethyl adjacent to an activating group) is 1. The van der Waals surface area contributed by atoms with Gasteiger partial charge < -0.3 is 14.9 Å². The van der Waals surface area contributed by atoms with Gasteiger partial charge in [-0.05, 0) is 25.7 Å². The van der Waals surface area contributed by atoms with E-state index in [0.29, 0.717) is 25.8 Å². The minimum atomic E-state index is -0.893. The summed E-state index contributed by atoms with van der Waals surface area (Å²) in [5.74, 6) is -2.15. The summed E-state index contributed by atoms with van der Waals surface area (Å²) >= 11 is 0. The van der Waals surface area contributed by atoms with Gasteiger partial charge in [-0.2, -0.15) is 0 Å². The van der Waals surface area contributed by atoms with Crippen molar-refractivity contribution >= 4 is 17.8 Å². The topological polar surface area (TPSA) is 77.9 Å². The van der Waals surface area contributed by atoms with Crippen LogP contribution in [0.1, 0.15) is 32.1 Å². The van der Waals surface area contributed by atoms with Crippen LogP contribution in [0.2, 0.25) is 0 Å². The molecule has 2 rings (SSSR count). The maximum Gasteiger partial charge on any atom is 0.307 e. The lowest BCUT2D eigenvalue weighted by Crippen LogP contribution is -2.48. The van der Waals surface area contributed by atoms with E-state index in [1.165, 1.54) is 4.90 Å². The van der Waals surface area contributed by atoms with Crippen LogP contribution < -0.4 is 0 Å². The van der Waals surface area contributed by atoms with Crippen LogP contribution in [0.15, 0.2) is 0 Å². The standard InChI is InChI=1S/C14H22N2O4/c1-15(2)13(18)11-7-4-8-16(11)12(17)9-5-3-6-10(9)14(19)20/h9-11H,3-8H2,1-2H3,(H,19,20)/t9-,10+,11?/m1/s1. The minimum absolute atomic E-state index is 0.0688. The Bertz CT molecular complexity index is 421. The molecule has 1 aliphatic heterocycles. The van der Waals surface area contributed by atoms with E-state index in [1.807, 2.05) is 0 Å². The molecule has 0 bridgehead atoms. The van der Waals surface area contributed by atoms with Crippen molar-refractivity contribution in [3.8, 4) is 0 Å². The molecule has 2 fully saturated rings. The van der Waals surface area contributed by atoms with E-state index in [1.54, 1.807) is 19.0 Å². The number of aliphatic carboxylic acids is 1. The van der Waals surface area contributed by atoms with Crippen molar-refractivity contribution in [1.82, 2.24) is 9.80 Å². The molecule has 112 valence electrons. The van der Waals surface area contributed by atoms with E-state index in [4.69, 9.17) is 0 Å². The Kier molecular flexibility index (Phi) is 4.30. The molecule has 1 saturated heterocycles. The molecular formula is C14H22N2O4. The highest BCUT2D eigenvalue weighted by atomic mass is 16.4. The number of nitrogens with zero attached hydrogens (tertiary/aromatic N) is 2. The minimum Gasteiger partial charge on any atom is -0.481 e. The van der Waals surface area contributed by atoms with Crippen molar-refractivity contribution in [3.05, 3.63) is 0 Å². The zero-order valence-corrected chi connectivity index (χ0v) is 12.0. The van der Waals surface area contributed by atoms with Gasteiger partial charge in [-0.1, -0.05) is 6.42 Å². The quantitative estimate of drug-likeness (QED) is 0.820. The zero-order valence-electron chi connectivity index (χ0n) is 12.0. The number of hydrogen-bond donors (Lipinski definition) is 1. The smallest absolute Gasteiger partial charge is 0.307 e. The summed E-state index contributed by atoms with van der Waals surface area (Å²) in [7, 11) is 3.36. The Hall–Kier alpha value is -1.59. The van der Waals surface area contributed by atoms with Crippen molar-refractivity contribution in [2.45, 2.75) is 38.1 Å². The number of amides is 2.